The van der Waals surface area contributed by atoms with Crippen LogP contribution >= 0.6 is 11.6 Å². The smallest absolute Gasteiger partial charge is 0.146 e. The van der Waals surface area contributed by atoms with Crippen molar-refractivity contribution in [2.75, 3.05) is 0 Å². The van der Waals surface area contributed by atoms with E-state index in [0.29, 0.717) is 22.1 Å². The second kappa shape index (κ2) is 4.68. The lowest BCUT2D eigenvalue weighted by Crippen LogP contribution is -1.86. The Morgan fingerprint density at radius 2 is 2.00 bits per heavy atom. The van der Waals surface area contributed by atoms with Crippen LogP contribution in [-0.2, 0) is 0 Å². The summed E-state index contributed by atoms with van der Waals surface area (Å²) in [7, 11) is 0. The number of nitriles is 1. The number of hydrogen-bond acceptors (Lipinski definition) is 2. The number of benzene rings is 2. The number of H-pyrrole nitrogens is 1. The van der Waals surface area contributed by atoms with Crippen LogP contribution in [0.5, 0.6) is 11.5 Å². The molecule has 0 aliphatic heterocycles. The summed E-state index contributed by atoms with van der Waals surface area (Å²) in [5.74, 6) is 1.24. The van der Waals surface area contributed by atoms with Crippen LogP contribution in [0.4, 0.5) is 0 Å². The van der Waals surface area contributed by atoms with Crippen molar-refractivity contribution in [3.63, 3.8) is 0 Å². The molecule has 0 unspecified atom stereocenters. The zero-order valence-electron chi connectivity index (χ0n) is 9.85. The van der Waals surface area contributed by atoms with Gasteiger partial charge >= 0.3 is 0 Å². The van der Waals surface area contributed by atoms with Gasteiger partial charge in [0.1, 0.15) is 11.5 Å². The Hall–Kier alpha value is -2.44. The van der Waals surface area contributed by atoms with E-state index >= 15 is 0 Å². The molecular weight excluding hydrogens is 260 g/mol. The van der Waals surface area contributed by atoms with Crippen molar-refractivity contribution in [3.05, 3.63) is 59.2 Å². The van der Waals surface area contributed by atoms with Crippen LogP contribution in [-0.4, -0.2) is 4.98 Å². The highest BCUT2D eigenvalue weighted by atomic mass is 35.5. The Morgan fingerprint density at radius 1 is 1.11 bits per heavy atom. The SMILES string of the molecule is N#Cc1ccc(Oc2ccc3[nH]ccc3c2)c(Cl)c1. The molecule has 1 N–H and O–H groups in total. The molecular formula is C15H9ClN2O. The summed E-state index contributed by atoms with van der Waals surface area (Å²) in [6.07, 6.45) is 1.88. The summed E-state index contributed by atoms with van der Waals surface area (Å²) in [5.41, 5.74) is 1.57. The average molecular weight is 269 g/mol. The molecule has 0 amide bonds. The second-order valence-electron chi connectivity index (χ2n) is 4.09. The Kier molecular flexibility index (Phi) is 2.86. The van der Waals surface area contributed by atoms with Crippen molar-refractivity contribution >= 4 is 22.5 Å². The third-order valence-corrected chi connectivity index (χ3v) is 3.11. The lowest BCUT2D eigenvalue weighted by atomic mass is 10.2. The minimum Gasteiger partial charge on any atom is -0.456 e. The third kappa shape index (κ3) is 2.26. The van der Waals surface area contributed by atoms with Gasteiger partial charge in [-0.2, -0.15) is 5.26 Å². The maximum atomic E-state index is 8.78. The van der Waals surface area contributed by atoms with Gasteiger partial charge in [-0.15, -0.1) is 0 Å². The highest BCUT2D eigenvalue weighted by Gasteiger charge is 2.05. The molecule has 0 saturated heterocycles. The standard InChI is InChI=1S/C15H9ClN2O/c16-13-7-10(9-17)1-4-15(13)19-12-2-3-14-11(8-12)5-6-18-14/h1-8,18H. The quantitative estimate of drug-likeness (QED) is 0.745. The molecule has 1 heterocycles. The van der Waals surface area contributed by atoms with Crippen LogP contribution in [0.25, 0.3) is 10.9 Å². The Morgan fingerprint density at radius 3 is 2.79 bits per heavy atom. The highest BCUT2D eigenvalue weighted by molar-refractivity contribution is 6.32. The fourth-order valence-electron chi connectivity index (χ4n) is 1.87. The van der Waals surface area contributed by atoms with Gasteiger partial charge in [0.05, 0.1) is 16.7 Å². The molecule has 0 aliphatic carbocycles. The Labute approximate surface area is 115 Å². The van der Waals surface area contributed by atoms with Crippen LogP contribution in [0.3, 0.4) is 0 Å². The van der Waals surface area contributed by atoms with Crippen molar-refractivity contribution in [2.24, 2.45) is 0 Å². The van der Waals surface area contributed by atoms with Crippen molar-refractivity contribution < 1.29 is 4.74 Å². The van der Waals surface area contributed by atoms with Gasteiger partial charge in [-0.1, -0.05) is 11.6 Å². The molecule has 2 aromatic carbocycles. The molecule has 0 saturated carbocycles. The number of rotatable bonds is 2. The predicted molar refractivity (Wildman–Crippen MR) is 74.5 cm³/mol. The van der Waals surface area contributed by atoms with Crippen LogP contribution in [0.2, 0.25) is 5.02 Å². The first kappa shape index (κ1) is 11.6. The third-order valence-electron chi connectivity index (χ3n) is 2.81. The molecule has 0 fully saturated rings. The Balaban J connectivity index is 1.94. The van der Waals surface area contributed by atoms with E-state index in [1.165, 1.54) is 0 Å². The van der Waals surface area contributed by atoms with Gasteiger partial charge in [0.25, 0.3) is 0 Å². The average Bonchev–Trinajstić information content (AvgIpc) is 2.88. The molecule has 3 rings (SSSR count). The zero-order valence-corrected chi connectivity index (χ0v) is 10.6. The molecule has 3 nitrogen and oxygen atoms in total. The van der Waals surface area contributed by atoms with Gasteiger partial charge in [-0.05, 0) is 42.5 Å². The normalized spacial score (nSPS) is 10.3. The van der Waals surface area contributed by atoms with E-state index < -0.39 is 0 Å². The number of aromatic nitrogens is 1. The number of ether oxygens (including phenoxy) is 1. The van der Waals surface area contributed by atoms with Gasteiger partial charge in [-0.3, -0.25) is 0 Å². The predicted octanol–water partition coefficient (Wildman–Crippen LogP) is 4.49. The lowest BCUT2D eigenvalue weighted by molar-refractivity contribution is 0.483. The van der Waals surface area contributed by atoms with Gasteiger partial charge in [-0.25, -0.2) is 0 Å². The largest absolute Gasteiger partial charge is 0.456 e. The number of nitrogens with one attached hydrogen (secondary N) is 1. The topological polar surface area (TPSA) is 48.8 Å². The monoisotopic (exact) mass is 268 g/mol. The van der Waals surface area contributed by atoms with E-state index in [0.717, 1.165) is 10.9 Å². The minimum absolute atomic E-state index is 0.424. The first-order valence-electron chi connectivity index (χ1n) is 5.71. The van der Waals surface area contributed by atoms with E-state index in [2.05, 4.69) is 4.98 Å². The van der Waals surface area contributed by atoms with Crippen molar-refractivity contribution in [2.45, 2.75) is 0 Å². The Bertz CT molecular complexity index is 786. The molecule has 0 atom stereocenters. The summed E-state index contributed by atoms with van der Waals surface area (Å²) in [4.78, 5) is 3.12. The molecule has 4 heteroatoms. The van der Waals surface area contributed by atoms with Gasteiger partial charge in [0.2, 0.25) is 0 Å². The van der Waals surface area contributed by atoms with Crippen molar-refractivity contribution in [1.82, 2.24) is 4.98 Å². The summed E-state index contributed by atoms with van der Waals surface area (Å²) < 4.78 is 5.73. The van der Waals surface area contributed by atoms with Gasteiger partial charge in [0, 0.05) is 17.1 Å². The minimum atomic E-state index is 0.424. The van der Waals surface area contributed by atoms with E-state index in [1.807, 2.05) is 36.5 Å². The molecule has 0 radical (unpaired) electrons. The molecule has 0 spiro atoms. The van der Waals surface area contributed by atoms with Gasteiger partial charge in [0.15, 0.2) is 0 Å². The molecule has 92 valence electrons. The summed E-state index contributed by atoms with van der Waals surface area (Å²) >= 11 is 6.07. The number of halogens is 1. The maximum absolute atomic E-state index is 8.78. The number of hydrogen-bond donors (Lipinski definition) is 1. The first-order valence-corrected chi connectivity index (χ1v) is 6.09. The fourth-order valence-corrected chi connectivity index (χ4v) is 2.09. The summed E-state index contributed by atoms with van der Waals surface area (Å²) in [5, 5.41) is 10.3. The maximum Gasteiger partial charge on any atom is 0.146 e. The molecule has 0 bridgehead atoms. The highest BCUT2D eigenvalue weighted by Crippen LogP contribution is 2.31. The number of aromatic amines is 1. The fraction of sp³-hybridized carbons (Fsp3) is 0. The zero-order chi connectivity index (χ0) is 13.2. The van der Waals surface area contributed by atoms with Crippen LogP contribution < -0.4 is 4.74 Å². The van der Waals surface area contributed by atoms with E-state index in [4.69, 9.17) is 21.6 Å². The molecule has 19 heavy (non-hydrogen) atoms. The van der Waals surface area contributed by atoms with Crippen molar-refractivity contribution in [3.8, 4) is 17.6 Å². The summed E-state index contributed by atoms with van der Waals surface area (Å²) in [6.45, 7) is 0. The van der Waals surface area contributed by atoms with E-state index in [9.17, 15) is 0 Å². The lowest BCUT2D eigenvalue weighted by Gasteiger charge is -2.07. The molecule has 0 aliphatic rings. The molecule has 3 aromatic rings. The number of nitrogens with zero attached hydrogens (tertiary/aromatic N) is 1. The van der Waals surface area contributed by atoms with Crippen LogP contribution in [0.1, 0.15) is 5.56 Å². The van der Waals surface area contributed by atoms with E-state index in [1.54, 1.807) is 18.2 Å². The van der Waals surface area contributed by atoms with Crippen LogP contribution in [0.15, 0.2) is 48.7 Å². The van der Waals surface area contributed by atoms with Crippen molar-refractivity contribution in [1.29, 1.82) is 5.26 Å². The van der Waals surface area contributed by atoms with Gasteiger partial charge < -0.3 is 9.72 Å². The molecule has 1 aromatic heterocycles. The first-order chi connectivity index (χ1) is 9.26. The summed E-state index contributed by atoms with van der Waals surface area (Å²) in [6, 6.07) is 14.7. The second-order valence-corrected chi connectivity index (χ2v) is 4.49. The van der Waals surface area contributed by atoms with E-state index in [-0.39, 0.29) is 0 Å². The van der Waals surface area contributed by atoms with Crippen LogP contribution in [0, 0.1) is 11.3 Å². The number of fused-ring (bicyclic) bond motifs is 1.